The number of Topliss-reactive ketones (excluding diaryl/α,β-unsaturated/α-hetero) is 1. The number of aryl methyl sites for hydroxylation is 1. The molecule has 0 N–H and O–H groups in total. The third-order valence-electron chi connectivity index (χ3n) is 4.30. The van der Waals surface area contributed by atoms with Crippen molar-refractivity contribution in [3.8, 4) is 34.5 Å². The van der Waals surface area contributed by atoms with Crippen LogP contribution in [0.5, 0.6) is 23.0 Å². The highest BCUT2D eigenvalue weighted by Crippen LogP contribution is 2.41. The number of carbonyl (C=O) groups excluding carboxylic acids is 1. The fourth-order valence-electron chi connectivity index (χ4n) is 2.85. The molecule has 0 atom stereocenters. The molecule has 0 aliphatic heterocycles. The summed E-state index contributed by atoms with van der Waals surface area (Å²) in [5, 5.41) is 8.05. The van der Waals surface area contributed by atoms with Crippen molar-refractivity contribution in [1.29, 1.82) is 0 Å². The largest absolute Gasteiger partial charge is 0.493 e. The summed E-state index contributed by atoms with van der Waals surface area (Å²) in [6, 6.07) is 7.72. The van der Waals surface area contributed by atoms with Crippen LogP contribution in [0.25, 0.3) is 11.5 Å². The van der Waals surface area contributed by atoms with Crippen molar-refractivity contribution in [1.82, 2.24) is 10.2 Å². The molecular weight excluding hydrogens is 446 g/mol. The van der Waals surface area contributed by atoms with Crippen LogP contribution in [0.15, 0.2) is 40.0 Å². The molecule has 0 radical (unpaired) electrons. The zero-order valence-corrected chi connectivity index (χ0v) is 18.5. The van der Waals surface area contributed by atoms with Crippen LogP contribution in [0.2, 0.25) is 0 Å². The molecule has 0 aliphatic carbocycles. The lowest BCUT2D eigenvalue weighted by atomic mass is 10.1. The standard InChI is InChI=1S/C21H20F2N2O6S/c1-11-5-6-15(30-20(22)23)13(7-11)14(26)10-32-21-25-24-19(31-21)12-8-16(27-2)18(29-4)17(9-12)28-3/h5-9,20H,10H2,1-4H3. The molecule has 2 aromatic carbocycles. The number of aromatic nitrogens is 2. The summed E-state index contributed by atoms with van der Waals surface area (Å²) in [4.78, 5) is 12.6. The van der Waals surface area contributed by atoms with Gasteiger partial charge in [-0.05, 0) is 31.2 Å². The van der Waals surface area contributed by atoms with Crippen LogP contribution in [0, 0.1) is 6.92 Å². The Labute approximate surface area is 186 Å². The minimum atomic E-state index is -3.03. The molecule has 0 saturated heterocycles. The lowest BCUT2D eigenvalue weighted by Crippen LogP contribution is -2.10. The number of rotatable bonds is 10. The average molecular weight is 466 g/mol. The maximum atomic E-state index is 12.6. The second-order valence-corrected chi connectivity index (χ2v) is 7.30. The highest BCUT2D eigenvalue weighted by Gasteiger charge is 2.20. The fraction of sp³-hybridized carbons (Fsp3) is 0.286. The SMILES string of the molecule is COc1cc(-c2nnc(SCC(=O)c3cc(C)ccc3OC(F)F)o2)cc(OC)c1OC. The van der Waals surface area contributed by atoms with Crippen LogP contribution in [-0.4, -0.2) is 49.7 Å². The highest BCUT2D eigenvalue weighted by molar-refractivity contribution is 7.99. The monoisotopic (exact) mass is 466 g/mol. The number of thioether (sulfide) groups is 1. The van der Waals surface area contributed by atoms with Gasteiger partial charge in [-0.3, -0.25) is 4.79 Å². The van der Waals surface area contributed by atoms with E-state index in [1.54, 1.807) is 25.1 Å². The molecule has 0 bridgehead atoms. The first-order chi connectivity index (χ1) is 15.4. The van der Waals surface area contributed by atoms with Crippen molar-refractivity contribution < 1.29 is 36.9 Å². The molecule has 0 saturated carbocycles. The quantitative estimate of drug-likeness (QED) is 0.313. The molecule has 11 heteroatoms. The normalized spacial score (nSPS) is 10.8. The van der Waals surface area contributed by atoms with Crippen molar-refractivity contribution in [2.75, 3.05) is 27.1 Å². The zero-order chi connectivity index (χ0) is 23.3. The third kappa shape index (κ3) is 5.28. The predicted molar refractivity (Wildman–Crippen MR) is 112 cm³/mol. The van der Waals surface area contributed by atoms with Gasteiger partial charge >= 0.3 is 6.61 Å². The molecule has 0 aliphatic rings. The number of hydrogen-bond acceptors (Lipinski definition) is 9. The van der Waals surface area contributed by atoms with E-state index in [1.807, 2.05) is 0 Å². The summed E-state index contributed by atoms with van der Waals surface area (Å²) in [6.45, 7) is -1.29. The van der Waals surface area contributed by atoms with Gasteiger partial charge in [-0.25, -0.2) is 0 Å². The number of ether oxygens (including phenoxy) is 4. The number of alkyl halides is 2. The summed E-state index contributed by atoms with van der Waals surface area (Å²) in [7, 11) is 4.46. The number of hydrogen-bond donors (Lipinski definition) is 0. The number of methoxy groups -OCH3 is 3. The lowest BCUT2D eigenvalue weighted by molar-refractivity contribution is -0.0501. The summed E-state index contributed by atoms with van der Waals surface area (Å²) in [5.41, 5.74) is 1.32. The van der Waals surface area contributed by atoms with Gasteiger partial charge in [0.1, 0.15) is 5.75 Å². The van der Waals surface area contributed by atoms with E-state index < -0.39 is 12.4 Å². The molecule has 170 valence electrons. The smallest absolute Gasteiger partial charge is 0.387 e. The number of benzene rings is 2. The molecule has 0 spiro atoms. The van der Waals surface area contributed by atoms with E-state index in [0.717, 1.165) is 17.3 Å². The Morgan fingerprint density at radius 1 is 1.03 bits per heavy atom. The molecule has 0 fully saturated rings. The fourth-order valence-corrected chi connectivity index (χ4v) is 3.50. The van der Waals surface area contributed by atoms with E-state index >= 15 is 0 Å². The van der Waals surface area contributed by atoms with Crippen LogP contribution >= 0.6 is 11.8 Å². The second-order valence-electron chi connectivity index (χ2n) is 6.38. The van der Waals surface area contributed by atoms with Gasteiger partial charge < -0.3 is 23.4 Å². The maximum absolute atomic E-state index is 12.6. The van der Waals surface area contributed by atoms with Crippen molar-refractivity contribution in [3.63, 3.8) is 0 Å². The minimum absolute atomic E-state index is 0.0576. The first kappa shape index (κ1) is 23.3. The van der Waals surface area contributed by atoms with Crippen molar-refractivity contribution in [3.05, 3.63) is 41.5 Å². The number of carbonyl (C=O) groups is 1. The Morgan fingerprint density at radius 3 is 2.31 bits per heavy atom. The molecule has 8 nitrogen and oxygen atoms in total. The molecule has 3 aromatic rings. The van der Waals surface area contributed by atoms with E-state index in [9.17, 15) is 13.6 Å². The molecule has 3 rings (SSSR count). The van der Waals surface area contributed by atoms with E-state index in [1.165, 1.54) is 33.5 Å². The Hall–Kier alpha value is -3.34. The number of ketones is 1. The maximum Gasteiger partial charge on any atom is 0.387 e. The molecular formula is C21H20F2N2O6S. The van der Waals surface area contributed by atoms with E-state index in [-0.39, 0.29) is 28.2 Å². The minimum Gasteiger partial charge on any atom is -0.493 e. The Morgan fingerprint density at radius 2 is 1.72 bits per heavy atom. The lowest BCUT2D eigenvalue weighted by Gasteiger charge is -2.12. The van der Waals surface area contributed by atoms with Crippen LogP contribution in [0.1, 0.15) is 15.9 Å². The van der Waals surface area contributed by atoms with Crippen molar-refractivity contribution >= 4 is 17.5 Å². The molecule has 0 amide bonds. The van der Waals surface area contributed by atoms with Gasteiger partial charge in [0.15, 0.2) is 17.3 Å². The van der Waals surface area contributed by atoms with Gasteiger partial charge in [0.2, 0.25) is 11.6 Å². The highest BCUT2D eigenvalue weighted by atomic mass is 32.2. The van der Waals surface area contributed by atoms with E-state index in [2.05, 4.69) is 14.9 Å². The van der Waals surface area contributed by atoms with Crippen LogP contribution in [0.4, 0.5) is 8.78 Å². The van der Waals surface area contributed by atoms with Gasteiger partial charge in [0.05, 0.1) is 32.6 Å². The van der Waals surface area contributed by atoms with E-state index in [4.69, 9.17) is 18.6 Å². The first-order valence-electron chi connectivity index (χ1n) is 9.21. The molecule has 32 heavy (non-hydrogen) atoms. The summed E-state index contributed by atoms with van der Waals surface area (Å²) in [6.07, 6.45) is 0. The molecule has 0 unspecified atom stereocenters. The molecule has 1 aromatic heterocycles. The second kappa shape index (κ2) is 10.3. The van der Waals surface area contributed by atoms with Gasteiger partial charge in [-0.1, -0.05) is 23.4 Å². The van der Waals surface area contributed by atoms with Crippen LogP contribution in [-0.2, 0) is 0 Å². The Balaban J connectivity index is 1.77. The van der Waals surface area contributed by atoms with Gasteiger partial charge in [0.25, 0.3) is 5.22 Å². The number of nitrogens with zero attached hydrogens (tertiary/aromatic N) is 2. The summed E-state index contributed by atoms with van der Waals surface area (Å²) >= 11 is 0.980. The Bertz CT molecular complexity index is 1080. The topological polar surface area (TPSA) is 92.9 Å². The third-order valence-corrected chi connectivity index (χ3v) is 5.11. The van der Waals surface area contributed by atoms with E-state index in [0.29, 0.717) is 22.8 Å². The van der Waals surface area contributed by atoms with Crippen LogP contribution < -0.4 is 18.9 Å². The summed E-state index contributed by atoms with van der Waals surface area (Å²) in [5.74, 6) is 0.711. The zero-order valence-electron chi connectivity index (χ0n) is 17.7. The van der Waals surface area contributed by atoms with Gasteiger partial charge in [-0.15, -0.1) is 10.2 Å². The molecule has 1 heterocycles. The van der Waals surface area contributed by atoms with Crippen molar-refractivity contribution in [2.45, 2.75) is 18.8 Å². The van der Waals surface area contributed by atoms with Gasteiger partial charge in [0, 0.05) is 5.56 Å². The predicted octanol–water partition coefficient (Wildman–Crippen LogP) is 4.65. The number of halogens is 2. The van der Waals surface area contributed by atoms with Gasteiger partial charge in [-0.2, -0.15) is 8.78 Å². The summed E-state index contributed by atoms with van der Waals surface area (Å²) < 4.78 is 51.3. The van der Waals surface area contributed by atoms with Crippen LogP contribution in [0.3, 0.4) is 0 Å². The Kier molecular flexibility index (Phi) is 7.52. The first-order valence-corrected chi connectivity index (χ1v) is 10.2. The average Bonchev–Trinajstić information content (AvgIpc) is 3.26. The van der Waals surface area contributed by atoms with Crippen molar-refractivity contribution in [2.24, 2.45) is 0 Å².